The van der Waals surface area contributed by atoms with Gasteiger partial charge in [0.15, 0.2) is 0 Å². The highest BCUT2D eigenvalue weighted by Crippen LogP contribution is 2.47. The lowest BCUT2D eigenvalue weighted by atomic mass is 9.74. The van der Waals surface area contributed by atoms with Crippen LogP contribution in [-0.2, 0) is 24.8 Å². The van der Waals surface area contributed by atoms with Gasteiger partial charge in [-0.2, -0.15) is 0 Å². The number of aryl methyl sites for hydroxylation is 1. The molecule has 164 valence electrons. The third kappa shape index (κ3) is 3.29. The fourth-order valence-electron chi connectivity index (χ4n) is 5.88. The maximum absolute atomic E-state index is 12.6. The molecule has 1 saturated heterocycles. The van der Waals surface area contributed by atoms with Gasteiger partial charge in [-0.05, 0) is 62.3 Å². The molecule has 1 N–H and O–H groups in total. The second-order valence-electron chi connectivity index (χ2n) is 9.48. The summed E-state index contributed by atoms with van der Waals surface area (Å²) >= 11 is 0. The lowest BCUT2D eigenvalue weighted by molar-refractivity contribution is 0.347. The Labute approximate surface area is 188 Å². The molecular weight excluding hydrogens is 398 g/mol. The zero-order valence-corrected chi connectivity index (χ0v) is 18.4. The van der Waals surface area contributed by atoms with Crippen LogP contribution in [0.4, 0.5) is 11.6 Å². The molecule has 2 aromatic heterocycles. The van der Waals surface area contributed by atoms with Crippen molar-refractivity contribution < 1.29 is 0 Å². The summed E-state index contributed by atoms with van der Waals surface area (Å²) in [6, 6.07) is 15.0. The Hall–Kier alpha value is -3.15. The molecule has 0 amide bonds. The molecular formula is C26H29N5O. The highest BCUT2D eigenvalue weighted by molar-refractivity contribution is 5.63. The fraction of sp³-hybridized carbons (Fsp3) is 0.423. The van der Waals surface area contributed by atoms with Gasteiger partial charge in [-0.1, -0.05) is 24.3 Å². The molecule has 4 heterocycles. The monoisotopic (exact) mass is 427 g/mol. The number of fused-ring (bicyclic) bond motifs is 3. The lowest BCUT2D eigenvalue weighted by Gasteiger charge is -2.40. The Morgan fingerprint density at radius 2 is 1.81 bits per heavy atom. The third-order valence-electron chi connectivity index (χ3n) is 7.59. The van der Waals surface area contributed by atoms with E-state index in [0.29, 0.717) is 0 Å². The molecule has 1 spiro atoms. The molecule has 0 radical (unpaired) electrons. The van der Waals surface area contributed by atoms with E-state index in [0.717, 1.165) is 87.6 Å². The van der Waals surface area contributed by atoms with Crippen LogP contribution in [0, 0.1) is 0 Å². The van der Waals surface area contributed by atoms with E-state index in [4.69, 9.17) is 4.98 Å². The van der Waals surface area contributed by atoms with Crippen molar-refractivity contribution in [1.82, 2.24) is 15.0 Å². The molecule has 0 saturated carbocycles. The average molecular weight is 428 g/mol. The summed E-state index contributed by atoms with van der Waals surface area (Å²) in [6.07, 6.45) is 8.02. The Balaban J connectivity index is 1.24. The zero-order chi connectivity index (χ0) is 21.5. The highest BCUT2D eigenvalue weighted by Gasteiger charge is 2.44. The van der Waals surface area contributed by atoms with E-state index < -0.39 is 0 Å². The third-order valence-corrected chi connectivity index (χ3v) is 7.59. The number of anilines is 2. The summed E-state index contributed by atoms with van der Waals surface area (Å²) in [7, 11) is 0. The molecule has 3 aliphatic rings. The van der Waals surface area contributed by atoms with Crippen LogP contribution in [0.15, 0.2) is 53.5 Å². The molecule has 6 heteroatoms. The summed E-state index contributed by atoms with van der Waals surface area (Å²) in [5.74, 6) is 0.766. The van der Waals surface area contributed by atoms with Gasteiger partial charge in [0.2, 0.25) is 5.95 Å². The minimum Gasteiger partial charge on any atom is -0.364 e. The van der Waals surface area contributed by atoms with Gasteiger partial charge < -0.3 is 9.80 Å². The largest absolute Gasteiger partial charge is 0.364 e. The van der Waals surface area contributed by atoms with Gasteiger partial charge in [0, 0.05) is 42.5 Å². The van der Waals surface area contributed by atoms with Gasteiger partial charge in [0.05, 0.1) is 17.9 Å². The van der Waals surface area contributed by atoms with Gasteiger partial charge >= 0.3 is 0 Å². The van der Waals surface area contributed by atoms with E-state index in [1.165, 1.54) is 11.3 Å². The number of para-hydroxylation sites is 1. The molecule has 1 aromatic carbocycles. The summed E-state index contributed by atoms with van der Waals surface area (Å²) in [6.45, 7) is 3.68. The number of benzene rings is 1. The smallest absolute Gasteiger partial charge is 0.255 e. The second kappa shape index (κ2) is 7.76. The highest BCUT2D eigenvalue weighted by atomic mass is 16.1. The average Bonchev–Trinajstić information content (AvgIpc) is 3.13. The maximum Gasteiger partial charge on any atom is 0.255 e. The molecule has 2 aliphatic heterocycles. The van der Waals surface area contributed by atoms with E-state index in [9.17, 15) is 4.79 Å². The van der Waals surface area contributed by atoms with Gasteiger partial charge in [-0.3, -0.25) is 14.8 Å². The van der Waals surface area contributed by atoms with E-state index in [1.54, 1.807) is 0 Å². The number of piperidine rings is 1. The van der Waals surface area contributed by atoms with Gasteiger partial charge in [0.25, 0.3) is 5.56 Å². The van der Waals surface area contributed by atoms with Crippen molar-refractivity contribution in [1.29, 1.82) is 0 Å². The van der Waals surface area contributed by atoms with Gasteiger partial charge in [0.1, 0.15) is 0 Å². The van der Waals surface area contributed by atoms with Crippen LogP contribution in [0.1, 0.15) is 48.2 Å². The molecule has 6 nitrogen and oxygen atoms in total. The van der Waals surface area contributed by atoms with Crippen molar-refractivity contribution in [2.45, 2.75) is 50.5 Å². The predicted molar refractivity (Wildman–Crippen MR) is 126 cm³/mol. The number of hydrogen-bond acceptors (Lipinski definition) is 5. The number of aromatic amines is 1. The van der Waals surface area contributed by atoms with Crippen LogP contribution in [-0.4, -0.2) is 34.6 Å². The Kier molecular flexibility index (Phi) is 4.74. The Morgan fingerprint density at radius 3 is 2.66 bits per heavy atom. The van der Waals surface area contributed by atoms with Crippen LogP contribution in [0.5, 0.6) is 0 Å². The van der Waals surface area contributed by atoms with Crippen molar-refractivity contribution in [3.05, 3.63) is 81.5 Å². The normalized spacial score (nSPS) is 19.1. The topological polar surface area (TPSA) is 65.1 Å². The minimum absolute atomic E-state index is 0.0673. The molecule has 0 bridgehead atoms. The van der Waals surface area contributed by atoms with Crippen LogP contribution in [0.25, 0.3) is 0 Å². The standard InChI is InChI=1S/C26H29N5O/c32-24-20-8-1-3-10-22(20)28-25(29-24)30-15-12-26(13-16-30)18-31(17-19-7-5-6-14-27-19)23-11-4-2-9-21(23)26/h2,4-7,9,11,14H,1,3,8,10,12-13,15-18H2,(H,28,29,32). The van der Waals surface area contributed by atoms with Crippen molar-refractivity contribution in [3.8, 4) is 0 Å². The quantitative estimate of drug-likeness (QED) is 0.692. The Bertz CT molecular complexity index is 1180. The molecule has 0 atom stereocenters. The summed E-state index contributed by atoms with van der Waals surface area (Å²) in [5.41, 5.74) is 6.04. The molecule has 1 fully saturated rings. The summed E-state index contributed by atoms with van der Waals surface area (Å²) in [4.78, 5) is 29.9. The van der Waals surface area contributed by atoms with E-state index >= 15 is 0 Å². The van der Waals surface area contributed by atoms with Crippen LogP contribution in [0.3, 0.4) is 0 Å². The number of pyridine rings is 1. The summed E-state index contributed by atoms with van der Waals surface area (Å²) < 4.78 is 0. The first kappa shape index (κ1) is 19.5. The fourth-order valence-corrected chi connectivity index (χ4v) is 5.88. The number of hydrogen-bond donors (Lipinski definition) is 1. The number of nitrogens with one attached hydrogen (secondary N) is 1. The van der Waals surface area contributed by atoms with Gasteiger partial charge in [-0.15, -0.1) is 0 Å². The molecule has 6 rings (SSSR count). The van der Waals surface area contributed by atoms with Crippen molar-refractivity contribution in [3.63, 3.8) is 0 Å². The van der Waals surface area contributed by atoms with Crippen LogP contribution < -0.4 is 15.4 Å². The SMILES string of the molecule is O=c1[nH]c(N2CCC3(CC2)CN(Cc2ccccn2)c2ccccc23)nc2c1CCCC2. The zero-order valence-electron chi connectivity index (χ0n) is 18.4. The number of nitrogens with zero attached hydrogens (tertiary/aromatic N) is 4. The van der Waals surface area contributed by atoms with Crippen LogP contribution >= 0.6 is 0 Å². The maximum atomic E-state index is 12.6. The van der Waals surface area contributed by atoms with Crippen LogP contribution in [0.2, 0.25) is 0 Å². The number of aromatic nitrogens is 3. The van der Waals surface area contributed by atoms with E-state index in [-0.39, 0.29) is 11.0 Å². The first-order chi connectivity index (χ1) is 15.7. The summed E-state index contributed by atoms with van der Waals surface area (Å²) in [5, 5.41) is 0. The van der Waals surface area contributed by atoms with E-state index in [2.05, 4.69) is 56.2 Å². The Morgan fingerprint density at radius 1 is 1.00 bits per heavy atom. The number of rotatable bonds is 3. The predicted octanol–water partition coefficient (Wildman–Crippen LogP) is 3.60. The van der Waals surface area contributed by atoms with E-state index in [1.807, 2.05) is 12.3 Å². The molecule has 3 aromatic rings. The molecule has 1 aliphatic carbocycles. The second-order valence-corrected chi connectivity index (χ2v) is 9.48. The first-order valence-electron chi connectivity index (χ1n) is 11.8. The van der Waals surface area contributed by atoms with Crippen molar-refractivity contribution >= 4 is 11.6 Å². The van der Waals surface area contributed by atoms with Crippen molar-refractivity contribution in [2.24, 2.45) is 0 Å². The van der Waals surface area contributed by atoms with Gasteiger partial charge in [-0.25, -0.2) is 4.98 Å². The molecule has 0 unspecified atom stereocenters. The number of H-pyrrole nitrogens is 1. The first-order valence-corrected chi connectivity index (χ1v) is 11.8. The lowest BCUT2D eigenvalue weighted by Crippen LogP contribution is -2.46. The minimum atomic E-state index is 0.0673. The molecule has 32 heavy (non-hydrogen) atoms. The van der Waals surface area contributed by atoms with Crippen molar-refractivity contribution in [2.75, 3.05) is 29.4 Å².